The lowest BCUT2D eigenvalue weighted by Gasteiger charge is -2.30. The standard InChI is InChI=1S/C18H18N8S/c1-12-20-23-18(27-12)25-9-6-13(7-10-25)17-22-21-16-5-4-15(24-26(16)17)14-3-2-8-19-11-14/h2-5,8,11,13H,6-7,9-10H2,1H3. The number of fused-ring (bicyclic) bond motifs is 1. The molecule has 8 nitrogen and oxygen atoms in total. The molecule has 1 aliphatic heterocycles. The number of aryl methyl sites for hydroxylation is 1. The highest BCUT2D eigenvalue weighted by Crippen LogP contribution is 2.31. The Morgan fingerprint density at radius 2 is 1.93 bits per heavy atom. The van der Waals surface area contributed by atoms with Gasteiger partial charge in [0.1, 0.15) is 5.01 Å². The maximum atomic E-state index is 4.78. The molecule has 9 heteroatoms. The van der Waals surface area contributed by atoms with Crippen LogP contribution < -0.4 is 4.90 Å². The monoisotopic (exact) mass is 378 g/mol. The Balaban J connectivity index is 1.40. The lowest BCUT2D eigenvalue weighted by atomic mass is 9.96. The number of hydrogen-bond acceptors (Lipinski definition) is 8. The molecule has 0 spiro atoms. The van der Waals surface area contributed by atoms with Crippen molar-refractivity contribution in [3.63, 3.8) is 0 Å². The Hall–Kier alpha value is -2.94. The van der Waals surface area contributed by atoms with Crippen LogP contribution in [0.15, 0.2) is 36.7 Å². The summed E-state index contributed by atoms with van der Waals surface area (Å²) in [6, 6.07) is 7.85. The maximum absolute atomic E-state index is 4.78. The van der Waals surface area contributed by atoms with E-state index in [0.717, 1.165) is 58.8 Å². The summed E-state index contributed by atoms with van der Waals surface area (Å²) < 4.78 is 1.89. The van der Waals surface area contributed by atoms with E-state index in [4.69, 9.17) is 5.10 Å². The molecule has 4 aromatic heterocycles. The number of pyridine rings is 1. The Labute approximate surface area is 159 Å². The summed E-state index contributed by atoms with van der Waals surface area (Å²) in [5.41, 5.74) is 2.64. The lowest BCUT2D eigenvalue weighted by Crippen LogP contribution is -2.33. The van der Waals surface area contributed by atoms with Crippen LogP contribution in [0.2, 0.25) is 0 Å². The molecule has 1 fully saturated rings. The normalized spacial score (nSPS) is 15.5. The van der Waals surface area contributed by atoms with Gasteiger partial charge in [-0.2, -0.15) is 9.61 Å². The molecule has 5 heterocycles. The van der Waals surface area contributed by atoms with E-state index in [2.05, 4.69) is 30.3 Å². The molecular formula is C18H18N8S. The lowest BCUT2D eigenvalue weighted by molar-refractivity contribution is 0.476. The Morgan fingerprint density at radius 3 is 2.67 bits per heavy atom. The minimum Gasteiger partial charge on any atom is -0.347 e. The van der Waals surface area contributed by atoms with Gasteiger partial charge in [-0.1, -0.05) is 11.3 Å². The topological polar surface area (TPSA) is 85.0 Å². The first kappa shape index (κ1) is 16.2. The van der Waals surface area contributed by atoms with Gasteiger partial charge in [-0.3, -0.25) is 4.98 Å². The first-order chi connectivity index (χ1) is 13.3. The number of hydrogen-bond donors (Lipinski definition) is 0. The highest BCUT2D eigenvalue weighted by atomic mass is 32.1. The number of nitrogens with zero attached hydrogens (tertiary/aromatic N) is 8. The fraction of sp³-hybridized carbons (Fsp3) is 0.333. The average molecular weight is 378 g/mol. The molecule has 5 rings (SSSR count). The Morgan fingerprint density at radius 1 is 1.04 bits per heavy atom. The second-order valence-electron chi connectivity index (χ2n) is 6.65. The maximum Gasteiger partial charge on any atom is 0.208 e. The van der Waals surface area contributed by atoms with Crippen LogP contribution in [0.4, 0.5) is 5.13 Å². The predicted molar refractivity (Wildman–Crippen MR) is 103 cm³/mol. The first-order valence-corrected chi connectivity index (χ1v) is 9.77. The van der Waals surface area contributed by atoms with Gasteiger partial charge in [-0.15, -0.1) is 20.4 Å². The van der Waals surface area contributed by atoms with Crippen LogP contribution in [0.25, 0.3) is 16.9 Å². The van der Waals surface area contributed by atoms with Crippen LogP contribution in [-0.4, -0.2) is 48.1 Å². The molecule has 0 saturated carbocycles. The van der Waals surface area contributed by atoms with E-state index in [9.17, 15) is 0 Å². The van der Waals surface area contributed by atoms with Crippen molar-refractivity contribution in [2.45, 2.75) is 25.7 Å². The quantitative estimate of drug-likeness (QED) is 0.542. The Kier molecular flexibility index (Phi) is 4.01. The van der Waals surface area contributed by atoms with E-state index >= 15 is 0 Å². The molecule has 0 atom stereocenters. The van der Waals surface area contributed by atoms with E-state index in [1.54, 1.807) is 17.5 Å². The number of rotatable bonds is 3. The van der Waals surface area contributed by atoms with Gasteiger partial charge in [0.15, 0.2) is 11.5 Å². The summed E-state index contributed by atoms with van der Waals surface area (Å²) in [5, 5.41) is 23.9. The zero-order valence-electron chi connectivity index (χ0n) is 14.9. The van der Waals surface area contributed by atoms with E-state index in [1.165, 1.54) is 0 Å². The fourth-order valence-corrected chi connectivity index (χ4v) is 4.21. The predicted octanol–water partition coefficient (Wildman–Crippen LogP) is 2.73. The molecule has 0 aliphatic carbocycles. The summed E-state index contributed by atoms with van der Waals surface area (Å²) in [7, 11) is 0. The van der Waals surface area contributed by atoms with Crippen LogP contribution in [0.1, 0.15) is 29.6 Å². The summed E-state index contributed by atoms with van der Waals surface area (Å²) >= 11 is 1.65. The third kappa shape index (κ3) is 3.03. The van der Waals surface area contributed by atoms with Gasteiger partial charge in [0.25, 0.3) is 0 Å². The van der Waals surface area contributed by atoms with Crippen LogP contribution in [0.3, 0.4) is 0 Å². The Bertz CT molecular complexity index is 1070. The molecule has 27 heavy (non-hydrogen) atoms. The molecule has 0 radical (unpaired) electrons. The summed E-state index contributed by atoms with van der Waals surface area (Å²) in [6.45, 7) is 3.87. The highest BCUT2D eigenvalue weighted by Gasteiger charge is 2.26. The molecule has 4 aromatic rings. The molecule has 0 bridgehead atoms. The van der Waals surface area contributed by atoms with Gasteiger partial charge in [0.2, 0.25) is 5.13 Å². The summed E-state index contributed by atoms with van der Waals surface area (Å²) in [4.78, 5) is 6.49. The van der Waals surface area contributed by atoms with Crippen molar-refractivity contribution in [1.82, 2.24) is 35.0 Å². The van der Waals surface area contributed by atoms with Crippen molar-refractivity contribution in [2.75, 3.05) is 18.0 Å². The van der Waals surface area contributed by atoms with E-state index in [0.29, 0.717) is 5.92 Å². The molecule has 0 amide bonds. The van der Waals surface area contributed by atoms with Gasteiger partial charge >= 0.3 is 0 Å². The average Bonchev–Trinajstić information content (AvgIpc) is 3.34. The van der Waals surface area contributed by atoms with Gasteiger partial charge in [0.05, 0.1) is 5.69 Å². The SMILES string of the molecule is Cc1nnc(N2CCC(c3nnc4ccc(-c5cccnc5)nn34)CC2)s1. The second kappa shape index (κ2) is 6.66. The molecule has 1 saturated heterocycles. The molecule has 0 unspecified atom stereocenters. The van der Waals surface area contributed by atoms with Gasteiger partial charge in [0, 0.05) is 37.0 Å². The van der Waals surface area contributed by atoms with Crippen molar-refractivity contribution in [3.8, 4) is 11.3 Å². The van der Waals surface area contributed by atoms with E-state index in [-0.39, 0.29) is 0 Å². The van der Waals surface area contributed by atoms with Crippen LogP contribution in [0.5, 0.6) is 0 Å². The molecule has 1 aliphatic rings. The third-order valence-electron chi connectivity index (χ3n) is 4.89. The van der Waals surface area contributed by atoms with Crippen molar-refractivity contribution in [3.05, 3.63) is 47.5 Å². The van der Waals surface area contributed by atoms with Gasteiger partial charge in [-0.25, -0.2) is 0 Å². The smallest absolute Gasteiger partial charge is 0.208 e. The first-order valence-electron chi connectivity index (χ1n) is 8.96. The molecule has 136 valence electrons. The number of piperidine rings is 1. The van der Waals surface area contributed by atoms with E-state index < -0.39 is 0 Å². The number of aromatic nitrogens is 7. The fourth-order valence-electron chi connectivity index (χ4n) is 3.47. The minimum absolute atomic E-state index is 0.335. The molecule has 0 N–H and O–H groups in total. The largest absolute Gasteiger partial charge is 0.347 e. The van der Waals surface area contributed by atoms with Crippen LogP contribution in [0, 0.1) is 6.92 Å². The molecular weight excluding hydrogens is 360 g/mol. The number of anilines is 1. The minimum atomic E-state index is 0.335. The summed E-state index contributed by atoms with van der Waals surface area (Å²) in [5.74, 6) is 1.27. The van der Waals surface area contributed by atoms with Gasteiger partial charge < -0.3 is 4.90 Å². The molecule has 0 aromatic carbocycles. The van der Waals surface area contributed by atoms with Gasteiger partial charge in [-0.05, 0) is 44.0 Å². The highest BCUT2D eigenvalue weighted by molar-refractivity contribution is 7.15. The van der Waals surface area contributed by atoms with Crippen molar-refractivity contribution >= 4 is 22.1 Å². The summed E-state index contributed by atoms with van der Waals surface area (Å²) in [6.07, 6.45) is 5.58. The van der Waals surface area contributed by atoms with Crippen molar-refractivity contribution < 1.29 is 0 Å². The third-order valence-corrected chi connectivity index (χ3v) is 5.79. The van der Waals surface area contributed by atoms with Crippen molar-refractivity contribution in [2.24, 2.45) is 0 Å². The van der Waals surface area contributed by atoms with Crippen molar-refractivity contribution in [1.29, 1.82) is 0 Å². The van der Waals surface area contributed by atoms with Crippen LogP contribution >= 0.6 is 11.3 Å². The van der Waals surface area contributed by atoms with Crippen LogP contribution in [-0.2, 0) is 0 Å². The second-order valence-corrected chi connectivity index (χ2v) is 7.81. The zero-order chi connectivity index (χ0) is 18.2. The zero-order valence-corrected chi connectivity index (χ0v) is 15.7. The van der Waals surface area contributed by atoms with E-state index in [1.807, 2.05) is 41.9 Å².